The van der Waals surface area contributed by atoms with Crippen LogP contribution in [0.2, 0.25) is 0 Å². The van der Waals surface area contributed by atoms with E-state index >= 15 is 0 Å². The standard InChI is InChI=1S/C28H39N7O4S/c1-17(19-9-11-20(12-10-19)24-18(2)31-16-40-24)33-26(37)22-14-21(39-23(36)8-6-7-13-32-34-30)15-35(22)27(38)25(29)28(3,4)5/h9-12,16-17,21-22,25H,6-8,13-15,29H2,1-5H3,(H,33,37)/t17-,21?,22?,25?/m0/s1. The van der Waals surface area contributed by atoms with E-state index in [4.69, 9.17) is 16.0 Å². The van der Waals surface area contributed by atoms with Gasteiger partial charge in [-0.1, -0.05) is 50.2 Å². The lowest BCUT2D eigenvalue weighted by atomic mass is 9.86. The number of nitrogens with zero attached hydrogens (tertiary/aromatic N) is 5. The molecule has 1 aromatic carbocycles. The van der Waals surface area contributed by atoms with Gasteiger partial charge in [-0.05, 0) is 48.8 Å². The van der Waals surface area contributed by atoms with E-state index in [1.165, 1.54) is 4.90 Å². The summed E-state index contributed by atoms with van der Waals surface area (Å²) in [5, 5.41) is 6.49. The van der Waals surface area contributed by atoms with Crippen LogP contribution in [0.5, 0.6) is 0 Å². The number of thiazole rings is 1. The van der Waals surface area contributed by atoms with Crippen LogP contribution >= 0.6 is 11.3 Å². The summed E-state index contributed by atoms with van der Waals surface area (Å²) in [6.07, 6.45) is 0.828. The van der Waals surface area contributed by atoms with Crippen molar-refractivity contribution in [1.29, 1.82) is 0 Å². The molecule has 2 amide bonds. The topological polar surface area (TPSA) is 163 Å². The Labute approximate surface area is 239 Å². The van der Waals surface area contributed by atoms with Crippen LogP contribution in [0.1, 0.15) is 70.7 Å². The van der Waals surface area contributed by atoms with Crippen molar-refractivity contribution < 1.29 is 19.1 Å². The molecule has 3 unspecified atom stereocenters. The fourth-order valence-electron chi connectivity index (χ4n) is 4.56. The summed E-state index contributed by atoms with van der Waals surface area (Å²) >= 11 is 1.58. The van der Waals surface area contributed by atoms with Gasteiger partial charge >= 0.3 is 5.97 Å². The number of benzene rings is 1. The second kappa shape index (κ2) is 13.7. The maximum Gasteiger partial charge on any atom is 0.306 e. The minimum absolute atomic E-state index is 0.0996. The van der Waals surface area contributed by atoms with E-state index in [-0.39, 0.29) is 37.2 Å². The first-order chi connectivity index (χ1) is 18.9. The van der Waals surface area contributed by atoms with Crippen molar-refractivity contribution in [3.05, 3.63) is 51.5 Å². The number of ether oxygens (including phenoxy) is 1. The number of hydrogen-bond donors (Lipinski definition) is 2. The SMILES string of the molecule is Cc1ncsc1-c1ccc([C@H](C)NC(=O)C2CC(OC(=O)CCCCN=[N+]=[N-])CN2C(=O)C(N)C(C)(C)C)cc1. The molecule has 216 valence electrons. The fourth-order valence-corrected chi connectivity index (χ4v) is 5.37. The molecule has 1 aromatic heterocycles. The predicted molar refractivity (Wildman–Crippen MR) is 154 cm³/mol. The molecule has 0 aliphatic carbocycles. The van der Waals surface area contributed by atoms with Crippen LogP contribution < -0.4 is 11.1 Å². The number of likely N-dealkylation sites (tertiary alicyclic amines) is 1. The number of rotatable bonds is 11. The number of nitrogens with two attached hydrogens (primary N) is 1. The van der Waals surface area contributed by atoms with E-state index in [2.05, 4.69) is 20.3 Å². The molecule has 1 saturated heterocycles. The molecule has 1 aliphatic rings. The first-order valence-corrected chi connectivity index (χ1v) is 14.4. The molecular weight excluding hydrogens is 530 g/mol. The number of azide groups is 1. The van der Waals surface area contributed by atoms with Crippen molar-refractivity contribution in [3.63, 3.8) is 0 Å². The zero-order valence-electron chi connectivity index (χ0n) is 23.8. The third-order valence-corrected chi connectivity index (χ3v) is 8.05. The maximum absolute atomic E-state index is 13.5. The number of unbranched alkanes of at least 4 members (excludes halogenated alkanes) is 1. The third kappa shape index (κ3) is 8.03. The molecule has 11 nitrogen and oxygen atoms in total. The van der Waals surface area contributed by atoms with Gasteiger partial charge in [0.1, 0.15) is 12.1 Å². The average Bonchev–Trinajstić information content (AvgIpc) is 3.53. The van der Waals surface area contributed by atoms with Gasteiger partial charge in [0, 0.05) is 24.3 Å². The van der Waals surface area contributed by atoms with Gasteiger partial charge in [-0.25, -0.2) is 4.98 Å². The van der Waals surface area contributed by atoms with Crippen LogP contribution in [0.3, 0.4) is 0 Å². The van der Waals surface area contributed by atoms with Crippen LogP contribution in [0.25, 0.3) is 20.9 Å². The van der Waals surface area contributed by atoms with E-state index in [0.717, 1.165) is 21.7 Å². The zero-order valence-corrected chi connectivity index (χ0v) is 24.6. The quantitative estimate of drug-likeness (QED) is 0.131. The summed E-state index contributed by atoms with van der Waals surface area (Å²) in [5.41, 5.74) is 18.9. The minimum atomic E-state index is -0.821. The summed E-state index contributed by atoms with van der Waals surface area (Å²) < 4.78 is 5.63. The van der Waals surface area contributed by atoms with Crippen LogP contribution in [0, 0.1) is 12.3 Å². The molecule has 2 aromatic rings. The molecule has 3 rings (SSSR count). The molecule has 4 atom stereocenters. The summed E-state index contributed by atoms with van der Waals surface area (Å²) in [4.78, 5) is 48.8. The molecule has 40 heavy (non-hydrogen) atoms. The number of aromatic nitrogens is 1. The Balaban J connectivity index is 1.68. The van der Waals surface area contributed by atoms with Gasteiger partial charge in [-0.3, -0.25) is 14.4 Å². The van der Waals surface area contributed by atoms with E-state index in [1.54, 1.807) is 11.3 Å². The smallest absolute Gasteiger partial charge is 0.306 e. The molecule has 0 saturated carbocycles. The van der Waals surface area contributed by atoms with Crippen molar-refractivity contribution in [2.24, 2.45) is 16.3 Å². The monoisotopic (exact) mass is 569 g/mol. The summed E-state index contributed by atoms with van der Waals surface area (Å²) in [6.45, 7) is 9.88. The van der Waals surface area contributed by atoms with Crippen LogP contribution in [-0.4, -0.2) is 58.9 Å². The molecule has 12 heteroatoms. The van der Waals surface area contributed by atoms with Crippen LogP contribution in [0.4, 0.5) is 0 Å². The number of amides is 2. The van der Waals surface area contributed by atoms with Gasteiger partial charge < -0.3 is 20.7 Å². The van der Waals surface area contributed by atoms with Gasteiger partial charge in [0.15, 0.2) is 0 Å². The second-order valence-corrected chi connectivity index (χ2v) is 12.1. The number of esters is 1. The van der Waals surface area contributed by atoms with Crippen molar-refractivity contribution in [2.45, 2.75) is 84.5 Å². The maximum atomic E-state index is 13.5. The Morgan fingerprint density at radius 2 is 1.98 bits per heavy atom. The summed E-state index contributed by atoms with van der Waals surface area (Å²) in [6, 6.07) is 6.01. The van der Waals surface area contributed by atoms with E-state index in [0.29, 0.717) is 19.4 Å². The largest absolute Gasteiger partial charge is 0.460 e. The van der Waals surface area contributed by atoms with Crippen molar-refractivity contribution in [1.82, 2.24) is 15.2 Å². The van der Waals surface area contributed by atoms with Gasteiger partial charge in [0.2, 0.25) is 11.8 Å². The number of hydrogen-bond acceptors (Lipinski definition) is 8. The lowest BCUT2D eigenvalue weighted by Gasteiger charge is -2.32. The zero-order chi connectivity index (χ0) is 29.4. The summed E-state index contributed by atoms with van der Waals surface area (Å²) in [5.74, 6) is -1.08. The highest BCUT2D eigenvalue weighted by molar-refractivity contribution is 7.13. The highest BCUT2D eigenvalue weighted by Gasteiger charge is 2.44. The minimum Gasteiger partial charge on any atom is -0.460 e. The number of nitrogens with one attached hydrogen (secondary N) is 1. The molecule has 0 bridgehead atoms. The predicted octanol–water partition coefficient (Wildman–Crippen LogP) is 4.66. The van der Waals surface area contributed by atoms with Crippen LogP contribution in [0.15, 0.2) is 34.9 Å². The van der Waals surface area contributed by atoms with Gasteiger partial charge in [-0.2, -0.15) is 0 Å². The van der Waals surface area contributed by atoms with Crippen molar-refractivity contribution >= 4 is 29.1 Å². The highest BCUT2D eigenvalue weighted by Crippen LogP contribution is 2.29. The van der Waals surface area contributed by atoms with E-state index in [1.807, 2.05) is 64.4 Å². The Bertz CT molecular complexity index is 1230. The molecule has 2 heterocycles. The second-order valence-electron chi connectivity index (χ2n) is 11.2. The molecular formula is C28H39N7O4S. The lowest BCUT2D eigenvalue weighted by Crippen LogP contribution is -2.55. The highest BCUT2D eigenvalue weighted by atomic mass is 32.1. The Morgan fingerprint density at radius 3 is 2.58 bits per heavy atom. The molecule has 1 fully saturated rings. The number of carbonyl (C=O) groups is 3. The molecule has 3 N–H and O–H groups in total. The average molecular weight is 570 g/mol. The lowest BCUT2D eigenvalue weighted by molar-refractivity contribution is -0.149. The van der Waals surface area contributed by atoms with Gasteiger partial charge in [0.25, 0.3) is 0 Å². The number of carbonyl (C=O) groups excluding carboxylic acids is 3. The summed E-state index contributed by atoms with van der Waals surface area (Å²) in [7, 11) is 0. The Kier molecular flexibility index (Phi) is 10.7. The third-order valence-electron chi connectivity index (χ3n) is 7.08. The van der Waals surface area contributed by atoms with E-state index in [9.17, 15) is 14.4 Å². The normalized spacial score (nSPS) is 18.5. The fraction of sp³-hybridized carbons (Fsp3) is 0.571. The van der Waals surface area contributed by atoms with E-state index < -0.39 is 29.6 Å². The number of aryl methyl sites for hydroxylation is 1. The first kappa shape index (κ1) is 31.1. The molecule has 0 radical (unpaired) electrons. The Hall–Kier alpha value is -3.47. The van der Waals surface area contributed by atoms with Crippen LogP contribution in [-0.2, 0) is 19.1 Å². The molecule has 1 aliphatic heterocycles. The van der Waals surface area contributed by atoms with Gasteiger partial charge in [0.05, 0.1) is 34.7 Å². The van der Waals surface area contributed by atoms with Crippen molar-refractivity contribution in [2.75, 3.05) is 13.1 Å². The van der Waals surface area contributed by atoms with Crippen molar-refractivity contribution in [3.8, 4) is 10.4 Å². The molecule has 0 spiro atoms. The Morgan fingerprint density at radius 1 is 1.27 bits per heavy atom. The van der Waals surface area contributed by atoms with Gasteiger partial charge in [-0.15, -0.1) is 11.3 Å². The first-order valence-electron chi connectivity index (χ1n) is 13.5.